The molecule has 0 aromatic heterocycles. The molecule has 0 amide bonds. The van der Waals surface area contributed by atoms with E-state index in [2.05, 4.69) is 24.0 Å². The Morgan fingerprint density at radius 2 is 2.13 bits per heavy atom. The summed E-state index contributed by atoms with van der Waals surface area (Å²) in [6.07, 6.45) is 2.49. The van der Waals surface area contributed by atoms with Gasteiger partial charge in [0.05, 0.1) is 0 Å². The van der Waals surface area contributed by atoms with Gasteiger partial charge in [-0.15, -0.1) is 0 Å². The highest BCUT2D eigenvalue weighted by atomic mass is 15.2. The van der Waals surface area contributed by atoms with Crippen molar-refractivity contribution in [2.24, 2.45) is 5.92 Å². The topological polar surface area (TPSA) is 29.3 Å². The Labute approximate surface area is 91.1 Å². The minimum atomic E-state index is 0.678. The molecule has 2 aliphatic rings. The van der Waals surface area contributed by atoms with Crippen LogP contribution in [0.4, 0.5) is 5.69 Å². The highest BCUT2D eigenvalue weighted by molar-refractivity contribution is 5.47. The van der Waals surface area contributed by atoms with E-state index in [0.717, 1.165) is 11.6 Å². The molecule has 2 N–H and O–H groups in total. The van der Waals surface area contributed by atoms with Gasteiger partial charge in [-0.25, -0.2) is 0 Å². The number of nitrogens with two attached hydrogens (primary N) is 1. The van der Waals surface area contributed by atoms with E-state index in [1.54, 1.807) is 0 Å². The third-order valence-corrected chi connectivity index (χ3v) is 3.75. The molecule has 15 heavy (non-hydrogen) atoms. The molecule has 2 heteroatoms. The van der Waals surface area contributed by atoms with E-state index >= 15 is 0 Å². The second-order valence-corrected chi connectivity index (χ2v) is 5.07. The van der Waals surface area contributed by atoms with Crippen molar-refractivity contribution in [2.75, 3.05) is 18.8 Å². The van der Waals surface area contributed by atoms with Crippen molar-refractivity contribution in [3.05, 3.63) is 29.3 Å². The highest BCUT2D eigenvalue weighted by Crippen LogP contribution is 2.39. The van der Waals surface area contributed by atoms with Crippen LogP contribution in [0.25, 0.3) is 0 Å². The zero-order chi connectivity index (χ0) is 10.4. The molecule has 0 bridgehead atoms. The normalized spacial score (nSPS) is 26.3. The number of fused-ring (bicyclic) bond motifs is 1. The SMILES string of the molecule is CC1CN(C2CCc3cc(N)ccc32)C1. The van der Waals surface area contributed by atoms with Crippen molar-refractivity contribution in [1.82, 2.24) is 4.90 Å². The van der Waals surface area contributed by atoms with Crippen molar-refractivity contribution in [1.29, 1.82) is 0 Å². The van der Waals surface area contributed by atoms with Crippen LogP contribution >= 0.6 is 0 Å². The molecule has 1 aromatic rings. The van der Waals surface area contributed by atoms with E-state index in [4.69, 9.17) is 5.73 Å². The molecule has 0 radical (unpaired) electrons. The first-order valence-corrected chi connectivity index (χ1v) is 5.86. The second kappa shape index (κ2) is 3.24. The van der Waals surface area contributed by atoms with E-state index in [-0.39, 0.29) is 0 Å². The van der Waals surface area contributed by atoms with Gasteiger partial charge < -0.3 is 5.73 Å². The van der Waals surface area contributed by atoms with Crippen LogP contribution in [0.1, 0.15) is 30.5 Å². The van der Waals surface area contributed by atoms with Crippen LogP contribution in [-0.2, 0) is 6.42 Å². The lowest BCUT2D eigenvalue weighted by Gasteiger charge is -2.42. The van der Waals surface area contributed by atoms with Crippen LogP contribution in [0.2, 0.25) is 0 Å². The number of rotatable bonds is 1. The molecule has 0 saturated carbocycles. The maximum absolute atomic E-state index is 5.81. The van der Waals surface area contributed by atoms with Crippen LogP contribution in [0.15, 0.2) is 18.2 Å². The molecule has 1 unspecified atom stereocenters. The first-order valence-electron chi connectivity index (χ1n) is 5.86. The van der Waals surface area contributed by atoms with Crippen LogP contribution in [0, 0.1) is 5.92 Å². The minimum Gasteiger partial charge on any atom is -0.399 e. The summed E-state index contributed by atoms with van der Waals surface area (Å²) in [6.45, 7) is 4.87. The zero-order valence-corrected chi connectivity index (χ0v) is 9.24. The molecule has 1 heterocycles. The van der Waals surface area contributed by atoms with Crippen molar-refractivity contribution >= 4 is 5.69 Å². The monoisotopic (exact) mass is 202 g/mol. The van der Waals surface area contributed by atoms with Crippen molar-refractivity contribution < 1.29 is 0 Å². The number of nitrogen functional groups attached to an aromatic ring is 1. The fraction of sp³-hybridized carbons (Fsp3) is 0.538. The second-order valence-electron chi connectivity index (χ2n) is 5.07. The first-order chi connectivity index (χ1) is 7.24. The summed E-state index contributed by atoms with van der Waals surface area (Å²) in [4.78, 5) is 2.60. The average Bonchev–Trinajstić information content (AvgIpc) is 2.55. The molecular formula is C13H18N2. The number of aryl methyl sites for hydroxylation is 1. The van der Waals surface area contributed by atoms with Crippen molar-refractivity contribution in [3.8, 4) is 0 Å². The average molecular weight is 202 g/mol. The van der Waals surface area contributed by atoms with Gasteiger partial charge in [-0.1, -0.05) is 13.0 Å². The Kier molecular flexibility index (Phi) is 1.99. The summed E-state index contributed by atoms with van der Waals surface area (Å²) >= 11 is 0. The smallest absolute Gasteiger partial charge is 0.0354 e. The Morgan fingerprint density at radius 3 is 2.87 bits per heavy atom. The summed E-state index contributed by atoms with van der Waals surface area (Å²) in [5.74, 6) is 0.892. The number of anilines is 1. The van der Waals surface area contributed by atoms with E-state index < -0.39 is 0 Å². The highest BCUT2D eigenvalue weighted by Gasteiger charge is 2.34. The lowest BCUT2D eigenvalue weighted by Crippen LogP contribution is -2.46. The Hall–Kier alpha value is -1.02. The van der Waals surface area contributed by atoms with E-state index in [1.807, 2.05) is 6.07 Å². The zero-order valence-electron chi connectivity index (χ0n) is 9.24. The van der Waals surface area contributed by atoms with Crippen molar-refractivity contribution in [3.63, 3.8) is 0 Å². The molecule has 1 aromatic carbocycles. The molecule has 80 valence electrons. The van der Waals surface area contributed by atoms with Gasteiger partial charge in [-0.05, 0) is 42.0 Å². The van der Waals surface area contributed by atoms with Gasteiger partial charge in [0.1, 0.15) is 0 Å². The van der Waals surface area contributed by atoms with Crippen LogP contribution in [0.3, 0.4) is 0 Å². The largest absolute Gasteiger partial charge is 0.399 e. The maximum Gasteiger partial charge on any atom is 0.0354 e. The number of hydrogen-bond donors (Lipinski definition) is 1. The van der Waals surface area contributed by atoms with Gasteiger partial charge in [0.2, 0.25) is 0 Å². The van der Waals surface area contributed by atoms with Crippen LogP contribution in [-0.4, -0.2) is 18.0 Å². The molecule has 0 spiro atoms. The number of likely N-dealkylation sites (tertiary alicyclic amines) is 1. The van der Waals surface area contributed by atoms with Crippen LogP contribution < -0.4 is 5.73 Å². The molecule has 1 saturated heterocycles. The fourth-order valence-electron chi connectivity index (χ4n) is 3.00. The summed E-state index contributed by atoms with van der Waals surface area (Å²) < 4.78 is 0. The van der Waals surface area contributed by atoms with Gasteiger partial charge in [-0.2, -0.15) is 0 Å². The predicted octanol–water partition coefficient (Wildman–Crippen LogP) is 2.21. The Morgan fingerprint density at radius 1 is 1.33 bits per heavy atom. The summed E-state index contributed by atoms with van der Waals surface area (Å²) in [5.41, 5.74) is 9.71. The number of nitrogens with zero attached hydrogens (tertiary/aromatic N) is 1. The van der Waals surface area contributed by atoms with E-state index in [1.165, 1.54) is 37.1 Å². The lowest BCUT2D eigenvalue weighted by molar-refractivity contribution is 0.0624. The Balaban J connectivity index is 1.85. The molecule has 1 aliphatic heterocycles. The van der Waals surface area contributed by atoms with E-state index in [0.29, 0.717) is 6.04 Å². The predicted molar refractivity (Wildman–Crippen MR) is 62.7 cm³/mol. The number of hydrogen-bond acceptors (Lipinski definition) is 2. The Bertz CT molecular complexity index is 380. The fourth-order valence-corrected chi connectivity index (χ4v) is 3.00. The lowest BCUT2D eigenvalue weighted by atomic mass is 9.97. The van der Waals surface area contributed by atoms with Gasteiger partial charge in [0.25, 0.3) is 0 Å². The third kappa shape index (κ3) is 1.44. The van der Waals surface area contributed by atoms with Gasteiger partial charge >= 0.3 is 0 Å². The van der Waals surface area contributed by atoms with Crippen LogP contribution in [0.5, 0.6) is 0 Å². The first kappa shape index (κ1) is 9.22. The van der Waals surface area contributed by atoms with Crippen molar-refractivity contribution in [2.45, 2.75) is 25.8 Å². The third-order valence-electron chi connectivity index (χ3n) is 3.75. The molecular weight excluding hydrogens is 184 g/mol. The van der Waals surface area contributed by atoms with Gasteiger partial charge in [0.15, 0.2) is 0 Å². The maximum atomic E-state index is 5.81. The van der Waals surface area contributed by atoms with Gasteiger partial charge in [-0.3, -0.25) is 4.90 Å². The van der Waals surface area contributed by atoms with E-state index in [9.17, 15) is 0 Å². The standard InChI is InChI=1S/C13H18N2/c1-9-7-15(8-9)13-5-2-10-6-11(14)3-4-12(10)13/h3-4,6,9,13H,2,5,7-8,14H2,1H3. The molecule has 1 fully saturated rings. The molecule has 2 nitrogen and oxygen atoms in total. The summed E-state index contributed by atoms with van der Waals surface area (Å²) in [5, 5.41) is 0. The quantitative estimate of drug-likeness (QED) is 0.707. The number of benzene rings is 1. The minimum absolute atomic E-state index is 0.678. The molecule has 1 atom stereocenters. The summed E-state index contributed by atoms with van der Waals surface area (Å²) in [6, 6.07) is 7.10. The molecule has 3 rings (SSSR count). The molecule has 1 aliphatic carbocycles. The summed E-state index contributed by atoms with van der Waals surface area (Å²) in [7, 11) is 0. The van der Waals surface area contributed by atoms with Gasteiger partial charge in [0, 0.05) is 24.8 Å².